The summed E-state index contributed by atoms with van der Waals surface area (Å²) in [7, 11) is -3.77. The molecular formula is C21H24N2O5S. The van der Waals surface area contributed by atoms with E-state index in [-0.39, 0.29) is 48.6 Å². The SMILES string of the molecule is CC(C)[C@H]1CN(S(=O)(=O)c2ccc3c(c2)NC(=O)CO3)C[C@@H](c2ccccc2)O1. The number of morpholine rings is 1. The lowest BCUT2D eigenvalue weighted by molar-refractivity contribution is -0.118. The van der Waals surface area contributed by atoms with Crippen molar-refractivity contribution in [3.8, 4) is 5.75 Å². The van der Waals surface area contributed by atoms with E-state index >= 15 is 0 Å². The fourth-order valence-corrected chi connectivity index (χ4v) is 5.02. The molecule has 0 aromatic heterocycles. The molecule has 2 aromatic carbocycles. The average molecular weight is 416 g/mol. The van der Waals surface area contributed by atoms with Crippen LogP contribution in [0.2, 0.25) is 0 Å². The van der Waals surface area contributed by atoms with Gasteiger partial charge in [0.25, 0.3) is 5.91 Å². The van der Waals surface area contributed by atoms with Crippen molar-refractivity contribution in [1.82, 2.24) is 4.31 Å². The molecule has 2 aromatic rings. The van der Waals surface area contributed by atoms with E-state index in [1.807, 2.05) is 44.2 Å². The molecule has 7 nitrogen and oxygen atoms in total. The first-order valence-electron chi connectivity index (χ1n) is 9.62. The second-order valence-corrected chi connectivity index (χ2v) is 9.57. The molecule has 1 amide bonds. The van der Waals surface area contributed by atoms with Gasteiger partial charge >= 0.3 is 0 Å². The van der Waals surface area contributed by atoms with Gasteiger partial charge in [-0.25, -0.2) is 8.42 Å². The Balaban J connectivity index is 1.66. The Bertz CT molecular complexity index is 1010. The summed E-state index contributed by atoms with van der Waals surface area (Å²) in [6.07, 6.45) is -0.558. The lowest BCUT2D eigenvalue weighted by atomic mass is 10.0. The molecule has 0 radical (unpaired) electrons. The molecule has 2 atom stereocenters. The predicted molar refractivity (Wildman–Crippen MR) is 108 cm³/mol. The lowest BCUT2D eigenvalue weighted by Crippen LogP contribution is -2.48. The fraction of sp³-hybridized carbons (Fsp3) is 0.381. The molecular weight excluding hydrogens is 392 g/mol. The molecule has 0 saturated carbocycles. The second-order valence-electron chi connectivity index (χ2n) is 7.63. The van der Waals surface area contributed by atoms with Crippen LogP contribution in [0.4, 0.5) is 5.69 Å². The van der Waals surface area contributed by atoms with Crippen LogP contribution in [0.3, 0.4) is 0 Å². The van der Waals surface area contributed by atoms with Crippen LogP contribution in [0.1, 0.15) is 25.5 Å². The third-order valence-electron chi connectivity index (χ3n) is 5.23. The van der Waals surface area contributed by atoms with E-state index in [4.69, 9.17) is 9.47 Å². The van der Waals surface area contributed by atoms with Gasteiger partial charge in [-0.1, -0.05) is 44.2 Å². The fourth-order valence-electron chi connectivity index (χ4n) is 3.54. The van der Waals surface area contributed by atoms with Crippen LogP contribution < -0.4 is 10.1 Å². The molecule has 29 heavy (non-hydrogen) atoms. The molecule has 154 valence electrons. The number of sulfonamides is 1. The van der Waals surface area contributed by atoms with E-state index in [0.29, 0.717) is 11.4 Å². The Labute approximate surface area is 170 Å². The van der Waals surface area contributed by atoms with E-state index in [9.17, 15) is 13.2 Å². The largest absolute Gasteiger partial charge is 0.482 e. The number of nitrogens with zero attached hydrogens (tertiary/aromatic N) is 1. The standard InChI is InChI=1S/C21H24N2O5S/c1-14(2)19-11-23(12-20(28-19)15-6-4-3-5-7-15)29(25,26)16-8-9-18-17(10-16)22-21(24)13-27-18/h3-10,14,19-20H,11-13H2,1-2H3,(H,22,24)/t19-,20+/m1/s1. The first-order valence-corrected chi connectivity index (χ1v) is 11.1. The summed E-state index contributed by atoms with van der Waals surface area (Å²) in [6, 6.07) is 14.2. The summed E-state index contributed by atoms with van der Waals surface area (Å²) >= 11 is 0. The van der Waals surface area contributed by atoms with Gasteiger partial charge in [-0.05, 0) is 29.7 Å². The van der Waals surface area contributed by atoms with Gasteiger partial charge in [0.15, 0.2) is 6.61 Å². The van der Waals surface area contributed by atoms with Crippen LogP contribution >= 0.6 is 0 Å². The van der Waals surface area contributed by atoms with Gasteiger partial charge in [-0.3, -0.25) is 4.79 Å². The molecule has 1 saturated heterocycles. The number of benzene rings is 2. The predicted octanol–water partition coefficient (Wildman–Crippen LogP) is 2.80. The van der Waals surface area contributed by atoms with Crippen LogP contribution in [0.25, 0.3) is 0 Å². The monoisotopic (exact) mass is 416 g/mol. The van der Waals surface area contributed by atoms with Crippen LogP contribution in [0.5, 0.6) is 5.75 Å². The molecule has 2 heterocycles. The molecule has 4 rings (SSSR count). The number of fused-ring (bicyclic) bond motifs is 1. The zero-order chi connectivity index (χ0) is 20.6. The quantitative estimate of drug-likeness (QED) is 0.829. The number of rotatable bonds is 4. The van der Waals surface area contributed by atoms with Crippen LogP contribution in [0, 0.1) is 5.92 Å². The maximum absolute atomic E-state index is 13.4. The molecule has 0 spiro atoms. The maximum Gasteiger partial charge on any atom is 0.262 e. The summed E-state index contributed by atoms with van der Waals surface area (Å²) in [5.74, 6) is 0.325. The zero-order valence-electron chi connectivity index (χ0n) is 16.4. The normalized spacial score (nSPS) is 22.7. The van der Waals surface area contributed by atoms with Gasteiger partial charge in [0, 0.05) is 13.1 Å². The highest BCUT2D eigenvalue weighted by atomic mass is 32.2. The van der Waals surface area contributed by atoms with Crippen LogP contribution in [0.15, 0.2) is 53.4 Å². The number of ether oxygens (including phenoxy) is 2. The molecule has 1 N–H and O–H groups in total. The van der Waals surface area contributed by atoms with Crippen molar-refractivity contribution in [2.45, 2.75) is 31.0 Å². The van der Waals surface area contributed by atoms with Crippen molar-refractivity contribution in [2.75, 3.05) is 25.0 Å². The van der Waals surface area contributed by atoms with Gasteiger partial charge in [0.2, 0.25) is 10.0 Å². The number of hydrogen-bond donors (Lipinski definition) is 1. The van der Waals surface area contributed by atoms with E-state index < -0.39 is 10.0 Å². The molecule has 2 aliphatic rings. The lowest BCUT2D eigenvalue weighted by Gasteiger charge is -2.39. The Morgan fingerprint density at radius 3 is 2.59 bits per heavy atom. The highest BCUT2D eigenvalue weighted by Gasteiger charge is 2.37. The highest BCUT2D eigenvalue weighted by molar-refractivity contribution is 7.89. The molecule has 1 fully saturated rings. The van der Waals surface area contributed by atoms with Crippen molar-refractivity contribution in [1.29, 1.82) is 0 Å². The van der Waals surface area contributed by atoms with Crippen molar-refractivity contribution in [3.05, 3.63) is 54.1 Å². The van der Waals surface area contributed by atoms with Gasteiger partial charge in [-0.2, -0.15) is 4.31 Å². The Hall–Kier alpha value is -2.42. The molecule has 8 heteroatoms. The number of hydrogen-bond acceptors (Lipinski definition) is 5. The minimum absolute atomic E-state index is 0.0720. The first kappa shape index (κ1) is 19.9. The van der Waals surface area contributed by atoms with Gasteiger partial charge in [-0.15, -0.1) is 0 Å². The van der Waals surface area contributed by atoms with Crippen molar-refractivity contribution in [3.63, 3.8) is 0 Å². The third kappa shape index (κ3) is 4.01. The number of carbonyl (C=O) groups is 1. The Morgan fingerprint density at radius 2 is 1.86 bits per heavy atom. The van der Waals surface area contributed by atoms with E-state index in [2.05, 4.69) is 5.32 Å². The summed E-state index contributed by atoms with van der Waals surface area (Å²) in [6.45, 7) is 4.49. The minimum Gasteiger partial charge on any atom is -0.482 e. The summed E-state index contributed by atoms with van der Waals surface area (Å²) < 4.78 is 39.9. The van der Waals surface area contributed by atoms with Gasteiger partial charge < -0.3 is 14.8 Å². The summed E-state index contributed by atoms with van der Waals surface area (Å²) in [5.41, 5.74) is 1.32. The average Bonchev–Trinajstić information content (AvgIpc) is 2.73. The van der Waals surface area contributed by atoms with Crippen molar-refractivity contribution in [2.24, 2.45) is 5.92 Å². The van der Waals surface area contributed by atoms with E-state index in [0.717, 1.165) is 5.56 Å². The topological polar surface area (TPSA) is 84.9 Å². The first-order chi connectivity index (χ1) is 13.8. The molecule has 0 unspecified atom stereocenters. The minimum atomic E-state index is -3.77. The van der Waals surface area contributed by atoms with Gasteiger partial charge in [0.1, 0.15) is 5.75 Å². The Morgan fingerprint density at radius 1 is 1.10 bits per heavy atom. The number of nitrogens with one attached hydrogen (secondary N) is 1. The maximum atomic E-state index is 13.4. The molecule has 0 aliphatic carbocycles. The number of anilines is 1. The molecule has 2 aliphatic heterocycles. The van der Waals surface area contributed by atoms with Crippen LogP contribution in [-0.4, -0.2) is 44.4 Å². The summed E-state index contributed by atoms with van der Waals surface area (Å²) in [5, 5.41) is 2.67. The molecule has 0 bridgehead atoms. The second kappa shape index (κ2) is 7.78. The van der Waals surface area contributed by atoms with E-state index in [1.165, 1.54) is 16.4 Å². The summed E-state index contributed by atoms with van der Waals surface area (Å²) in [4.78, 5) is 11.7. The number of carbonyl (C=O) groups excluding carboxylic acids is 1. The number of amides is 1. The zero-order valence-corrected chi connectivity index (χ0v) is 17.2. The van der Waals surface area contributed by atoms with Crippen LogP contribution in [-0.2, 0) is 19.6 Å². The smallest absolute Gasteiger partial charge is 0.262 e. The Kier molecular flexibility index (Phi) is 5.33. The van der Waals surface area contributed by atoms with Crippen molar-refractivity contribution < 1.29 is 22.7 Å². The highest BCUT2D eigenvalue weighted by Crippen LogP contribution is 2.34. The third-order valence-corrected chi connectivity index (χ3v) is 7.06. The van der Waals surface area contributed by atoms with Gasteiger partial charge in [0.05, 0.1) is 22.8 Å². The van der Waals surface area contributed by atoms with Crippen molar-refractivity contribution >= 4 is 21.6 Å². The van der Waals surface area contributed by atoms with E-state index in [1.54, 1.807) is 6.07 Å².